The molecule has 19 heavy (non-hydrogen) atoms. The number of allylic oxidation sites excluding steroid dienone is 1. The third-order valence-corrected chi connectivity index (χ3v) is 4.06. The number of likely N-dealkylation sites (N-methyl/N-ethyl adjacent to an activating group) is 1. The highest BCUT2D eigenvalue weighted by Gasteiger charge is 2.47. The van der Waals surface area contributed by atoms with E-state index in [1.165, 1.54) is 0 Å². The lowest BCUT2D eigenvalue weighted by Gasteiger charge is -2.28. The van der Waals surface area contributed by atoms with Crippen molar-refractivity contribution in [1.82, 2.24) is 4.90 Å². The van der Waals surface area contributed by atoms with Gasteiger partial charge >= 0.3 is 5.97 Å². The molecule has 2 bridgehead atoms. The molecule has 104 valence electrons. The number of hydrogen-bond donors (Lipinski definition) is 0. The number of hydrogen-bond acceptors (Lipinski definition) is 3. The molecule has 0 aromatic rings. The number of carbonyl (C=O) groups is 2. The van der Waals surface area contributed by atoms with Crippen LogP contribution in [0.4, 0.5) is 0 Å². The number of esters is 1. The fourth-order valence-electron chi connectivity index (χ4n) is 2.90. The Morgan fingerprint density at radius 3 is 2.74 bits per heavy atom. The van der Waals surface area contributed by atoms with Crippen molar-refractivity contribution in [3.63, 3.8) is 0 Å². The van der Waals surface area contributed by atoms with Crippen molar-refractivity contribution < 1.29 is 14.3 Å². The van der Waals surface area contributed by atoms with E-state index < -0.39 is 5.97 Å². The Hall–Kier alpha value is -1.58. The zero-order valence-electron chi connectivity index (χ0n) is 11.6. The van der Waals surface area contributed by atoms with Crippen LogP contribution in [0.5, 0.6) is 0 Å². The van der Waals surface area contributed by atoms with Crippen molar-refractivity contribution >= 4 is 11.9 Å². The summed E-state index contributed by atoms with van der Waals surface area (Å²) in [6, 6.07) is 0. The molecule has 1 amide bonds. The number of fused-ring (bicyclic) bond motifs is 2. The molecule has 0 spiro atoms. The first-order valence-electron chi connectivity index (χ1n) is 6.72. The second-order valence-electron chi connectivity index (χ2n) is 5.66. The number of carbonyl (C=O) groups excluding carboxylic acids is 2. The average molecular weight is 263 g/mol. The summed E-state index contributed by atoms with van der Waals surface area (Å²) in [7, 11) is 1.77. The maximum Gasteiger partial charge on any atom is 0.333 e. The standard InChI is InChI=1S/C15H21NO3/c1-11(2)13(17)19-9-8-16(3)14(18)15-6-4-12(10-15)5-7-15/h4,6,12H,1,5,7-10H2,2-3H3. The Morgan fingerprint density at radius 1 is 1.53 bits per heavy atom. The molecule has 2 rings (SSSR count). The Labute approximate surface area is 114 Å². The Kier molecular flexibility index (Phi) is 3.78. The second-order valence-corrected chi connectivity index (χ2v) is 5.66. The molecule has 0 radical (unpaired) electrons. The molecule has 0 aromatic heterocycles. The minimum atomic E-state index is -0.402. The van der Waals surface area contributed by atoms with Gasteiger partial charge in [-0.05, 0) is 32.1 Å². The molecule has 1 saturated carbocycles. The van der Waals surface area contributed by atoms with Gasteiger partial charge in [0, 0.05) is 12.6 Å². The van der Waals surface area contributed by atoms with Gasteiger partial charge < -0.3 is 9.64 Å². The highest BCUT2D eigenvalue weighted by molar-refractivity contribution is 5.87. The lowest BCUT2D eigenvalue weighted by atomic mass is 9.86. The fraction of sp³-hybridized carbons (Fsp3) is 0.600. The Bertz CT molecular complexity index is 441. The summed E-state index contributed by atoms with van der Waals surface area (Å²) < 4.78 is 5.01. The second kappa shape index (κ2) is 5.19. The van der Waals surface area contributed by atoms with Gasteiger partial charge in [-0.3, -0.25) is 4.79 Å². The molecule has 2 unspecified atom stereocenters. The maximum atomic E-state index is 12.5. The molecule has 2 atom stereocenters. The molecule has 0 aromatic carbocycles. The quantitative estimate of drug-likeness (QED) is 0.432. The van der Waals surface area contributed by atoms with Gasteiger partial charge in [-0.1, -0.05) is 18.7 Å². The first-order valence-corrected chi connectivity index (χ1v) is 6.72. The summed E-state index contributed by atoms with van der Waals surface area (Å²) in [6.45, 7) is 5.77. The Balaban J connectivity index is 1.82. The minimum Gasteiger partial charge on any atom is -0.460 e. The van der Waals surface area contributed by atoms with Crippen molar-refractivity contribution in [2.45, 2.75) is 26.2 Å². The molecular weight excluding hydrogens is 242 g/mol. The van der Waals surface area contributed by atoms with Crippen LogP contribution in [0.1, 0.15) is 26.2 Å². The topological polar surface area (TPSA) is 46.6 Å². The molecule has 1 fully saturated rings. The zero-order chi connectivity index (χ0) is 14.0. The van der Waals surface area contributed by atoms with Crippen molar-refractivity contribution in [3.05, 3.63) is 24.3 Å². The van der Waals surface area contributed by atoms with Gasteiger partial charge in [-0.15, -0.1) is 0 Å². The van der Waals surface area contributed by atoms with Crippen molar-refractivity contribution in [1.29, 1.82) is 0 Å². The SMILES string of the molecule is C=C(C)C(=O)OCCN(C)C(=O)C12C=CC(CC1)C2. The molecule has 2 aliphatic carbocycles. The molecule has 0 saturated heterocycles. The first-order chi connectivity index (χ1) is 8.94. The van der Waals surface area contributed by atoms with Gasteiger partial charge in [0.2, 0.25) is 5.91 Å². The van der Waals surface area contributed by atoms with E-state index in [0.717, 1.165) is 19.3 Å². The van der Waals surface area contributed by atoms with Crippen LogP contribution in [-0.2, 0) is 14.3 Å². The van der Waals surface area contributed by atoms with Crippen molar-refractivity contribution in [2.24, 2.45) is 11.3 Å². The summed E-state index contributed by atoms with van der Waals surface area (Å²) >= 11 is 0. The molecular formula is C15H21NO3. The van der Waals surface area contributed by atoms with Gasteiger partial charge in [0.05, 0.1) is 12.0 Å². The number of amides is 1. The van der Waals surface area contributed by atoms with Gasteiger partial charge in [0.25, 0.3) is 0 Å². The molecule has 0 N–H and O–H groups in total. The molecule has 4 heteroatoms. The predicted molar refractivity (Wildman–Crippen MR) is 72.3 cm³/mol. The molecule has 0 aliphatic heterocycles. The molecule has 0 heterocycles. The van der Waals surface area contributed by atoms with Crippen molar-refractivity contribution in [2.75, 3.05) is 20.2 Å². The van der Waals surface area contributed by atoms with Gasteiger partial charge in [-0.25, -0.2) is 4.79 Å². The van der Waals surface area contributed by atoms with Crippen LogP contribution in [0.15, 0.2) is 24.3 Å². The van der Waals surface area contributed by atoms with Gasteiger partial charge in [0.15, 0.2) is 0 Å². The Morgan fingerprint density at radius 2 is 2.26 bits per heavy atom. The normalized spacial score (nSPS) is 27.4. The number of rotatable bonds is 5. The van der Waals surface area contributed by atoms with E-state index in [1.807, 2.05) is 0 Å². The van der Waals surface area contributed by atoms with E-state index in [4.69, 9.17) is 4.74 Å². The zero-order valence-corrected chi connectivity index (χ0v) is 11.6. The maximum absolute atomic E-state index is 12.5. The lowest BCUT2D eigenvalue weighted by molar-refractivity contribution is -0.143. The predicted octanol–water partition coefficient (Wildman–Crippen LogP) is 1.92. The van der Waals surface area contributed by atoms with E-state index in [0.29, 0.717) is 18.0 Å². The number of nitrogens with zero attached hydrogens (tertiary/aromatic N) is 1. The number of ether oxygens (including phenoxy) is 1. The molecule has 4 nitrogen and oxygen atoms in total. The van der Waals surface area contributed by atoms with Crippen LogP contribution >= 0.6 is 0 Å². The minimum absolute atomic E-state index is 0.148. The summed E-state index contributed by atoms with van der Waals surface area (Å²) in [5, 5.41) is 0. The average Bonchev–Trinajstić information content (AvgIpc) is 2.98. The largest absolute Gasteiger partial charge is 0.460 e. The van der Waals surface area contributed by atoms with Gasteiger partial charge in [0.1, 0.15) is 6.61 Å². The fourth-order valence-corrected chi connectivity index (χ4v) is 2.90. The third-order valence-electron chi connectivity index (χ3n) is 4.06. The van der Waals surface area contributed by atoms with Crippen LogP contribution in [-0.4, -0.2) is 37.0 Å². The highest BCUT2D eigenvalue weighted by Crippen LogP contribution is 2.49. The van der Waals surface area contributed by atoms with Crippen LogP contribution < -0.4 is 0 Å². The van der Waals surface area contributed by atoms with Crippen LogP contribution in [0.3, 0.4) is 0 Å². The first kappa shape index (κ1) is 13.8. The van der Waals surface area contributed by atoms with Crippen LogP contribution in [0, 0.1) is 11.3 Å². The van der Waals surface area contributed by atoms with Crippen LogP contribution in [0.25, 0.3) is 0 Å². The third kappa shape index (κ3) is 2.72. The van der Waals surface area contributed by atoms with E-state index in [1.54, 1.807) is 18.9 Å². The van der Waals surface area contributed by atoms with Crippen LogP contribution in [0.2, 0.25) is 0 Å². The van der Waals surface area contributed by atoms with E-state index in [-0.39, 0.29) is 17.9 Å². The summed E-state index contributed by atoms with van der Waals surface area (Å²) in [5.74, 6) is 0.328. The van der Waals surface area contributed by atoms with Gasteiger partial charge in [-0.2, -0.15) is 0 Å². The van der Waals surface area contributed by atoms with E-state index in [9.17, 15) is 9.59 Å². The monoisotopic (exact) mass is 263 g/mol. The summed E-state index contributed by atoms with van der Waals surface area (Å²) in [6.07, 6.45) is 7.24. The highest BCUT2D eigenvalue weighted by atomic mass is 16.5. The van der Waals surface area contributed by atoms with Crippen molar-refractivity contribution in [3.8, 4) is 0 Å². The smallest absolute Gasteiger partial charge is 0.333 e. The lowest BCUT2D eigenvalue weighted by Crippen LogP contribution is -2.40. The van der Waals surface area contributed by atoms with E-state index in [2.05, 4.69) is 18.7 Å². The van der Waals surface area contributed by atoms with E-state index >= 15 is 0 Å². The molecule has 2 aliphatic rings. The summed E-state index contributed by atoms with van der Waals surface area (Å²) in [5.41, 5.74) is 0.0996. The summed E-state index contributed by atoms with van der Waals surface area (Å²) in [4.78, 5) is 25.4.